The number of carbonyl (C=O) groups is 1. The second-order valence-corrected chi connectivity index (χ2v) is 7.35. The van der Waals surface area contributed by atoms with E-state index in [1.165, 1.54) is 6.08 Å². The van der Waals surface area contributed by atoms with Crippen molar-refractivity contribution >= 4 is 33.4 Å². The molecule has 6 nitrogen and oxygen atoms in total. The lowest BCUT2D eigenvalue weighted by Crippen LogP contribution is -2.38. The van der Waals surface area contributed by atoms with Gasteiger partial charge in [0.25, 0.3) is 15.9 Å². The molecule has 0 radical (unpaired) electrons. The molecule has 0 fully saturated rings. The molecule has 2 aliphatic heterocycles. The Labute approximate surface area is 139 Å². The van der Waals surface area contributed by atoms with Crippen LogP contribution in [-0.2, 0) is 21.4 Å². The number of carbonyl (C=O) groups excluding carboxylic acids is 1. The molecule has 1 amide bonds. The number of amides is 1. The summed E-state index contributed by atoms with van der Waals surface area (Å²) in [6.45, 7) is 0.677. The van der Waals surface area contributed by atoms with Gasteiger partial charge in [-0.2, -0.15) is 0 Å². The van der Waals surface area contributed by atoms with Gasteiger partial charge in [0.05, 0.1) is 11.3 Å². The first kappa shape index (κ1) is 15.8. The number of sulfonamides is 1. The zero-order valence-corrected chi connectivity index (χ0v) is 13.6. The van der Waals surface area contributed by atoms with Crippen LogP contribution in [-0.4, -0.2) is 37.4 Å². The van der Waals surface area contributed by atoms with E-state index in [1.807, 2.05) is 12.1 Å². The number of hydrogen-bond acceptors (Lipinski definition) is 4. The largest absolute Gasteiger partial charge is 0.348 e. The summed E-state index contributed by atoms with van der Waals surface area (Å²) in [6.07, 6.45) is 4.71. The van der Waals surface area contributed by atoms with Gasteiger partial charge in [-0.1, -0.05) is 23.7 Å². The maximum atomic E-state index is 12.2. The van der Waals surface area contributed by atoms with E-state index < -0.39 is 10.0 Å². The van der Waals surface area contributed by atoms with Crippen LogP contribution in [0.25, 0.3) is 0 Å². The Kier molecular flexibility index (Phi) is 4.23. The van der Waals surface area contributed by atoms with Gasteiger partial charge in [-0.3, -0.25) is 4.79 Å². The zero-order valence-electron chi connectivity index (χ0n) is 12.1. The lowest BCUT2D eigenvalue weighted by atomic mass is 10.1. The third-order valence-electron chi connectivity index (χ3n) is 3.45. The van der Waals surface area contributed by atoms with Gasteiger partial charge in [-0.05, 0) is 29.8 Å². The van der Waals surface area contributed by atoms with Crippen LogP contribution in [0.3, 0.4) is 0 Å². The molecule has 0 aliphatic carbocycles. The smallest absolute Gasteiger partial charge is 0.256 e. The van der Waals surface area contributed by atoms with Crippen molar-refractivity contribution in [2.45, 2.75) is 6.54 Å². The van der Waals surface area contributed by atoms with Crippen LogP contribution in [0.5, 0.6) is 0 Å². The Morgan fingerprint density at radius 2 is 2.00 bits per heavy atom. The van der Waals surface area contributed by atoms with Gasteiger partial charge < -0.3 is 10.2 Å². The average Bonchev–Trinajstić information content (AvgIpc) is 2.53. The van der Waals surface area contributed by atoms with E-state index >= 15 is 0 Å². The van der Waals surface area contributed by atoms with Gasteiger partial charge in [-0.25, -0.2) is 8.42 Å². The molecule has 0 aromatic heterocycles. The van der Waals surface area contributed by atoms with Crippen molar-refractivity contribution in [2.75, 3.05) is 12.3 Å². The summed E-state index contributed by atoms with van der Waals surface area (Å²) >= 11 is 5.82. The number of rotatable bonds is 3. The molecule has 0 atom stereocenters. The number of nitrogens with one attached hydrogen (secondary N) is 1. The topological polar surface area (TPSA) is 78.8 Å². The van der Waals surface area contributed by atoms with Crippen molar-refractivity contribution in [2.24, 2.45) is 4.40 Å². The summed E-state index contributed by atoms with van der Waals surface area (Å²) in [5, 5.41) is 3.46. The molecule has 1 aromatic carbocycles. The van der Waals surface area contributed by atoms with E-state index in [0.717, 1.165) is 5.56 Å². The number of amidine groups is 1. The first-order valence-electron chi connectivity index (χ1n) is 6.95. The number of halogens is 1. The highest BCUT2D eigenvalue weighted by atomic mass is 35.5. The molecule has 1 N–H and O–H groups in total. The van der Waals surface area contributed by atoms with E-state index in [2.05, 4.69) is 9.71 Å². The highest BCUT2D eigenvalue weighted by molar-refractivity contribution is 7.90. The van der Waals surface area contributed by atoms with Crippen LogP contribution in [0.4, 0.5) is 0 Å². The van der Waals surface area contributed by atoms with Gasteiger partial charge in [-0.15, -0.1) is 4.40 Å². The minimum Gasteiger partial charge on any atom is -0.348 e. The monoisotopic (exact) mass is 351 g/mol. The molecule has 0 saturated heterocycles. The van der Waals surface area contributed by atoms with Crippen LogP contribution in [0.1, 0.15) is 5.56 Å². The summed E-state index contributed by atoms with van der Waals surface area (Å²) in [6, 6.07) is 7.21. The van der Waals surface area contributed by atoms with Crippen LogP contribution in [0.15, 0.2) is 52.6 Å². The van der Waals surface area contributed by atoms with Gasteiger partial charge in [0, 0.05) is 24.3 Å². The highest BCUT2D eigenvalue weighted by Gasteiger charge is 2.24. The van der Waals surface area contributed by atoms with Crippen molar-refractivity contribution < 1.29 is 13.2 Å². The Morgan fingerprint density at radius 1 is 1.26 bits per heavy atom. The first-order valence-corrected chi connectivity index (χ1v) is 8.93. The van der Waals surface area contributed by atoms with E-state index in [4.69, 9.17) is 11.6 Å². The number of nitrogens with zero attached hydrogens (tertiary/aromatic N) is 2. The second-order valence-electron chi connectivity index (χ2n) is 5.16. The summed E-state index contributed by atoms with van der Waals surface area (Å²) in [7, 11) is -3.39. The molecule has 8 heteroatoms. The molecular formula is C15H14ClN3O3S. The van der Waals surface area contributed by atoms with E-state index in [9.17, 15) is 13.2 Å². The quantitative estimate of drug-likeness (QED) is 0.894. The molecule has 3 rings (SSSR count). The van der Waals surface area contributed by atoms with E-state index in [-0.39, 0.29) is 11.7 Å². The Hall–Kier alpha value is -2.12. The van der Waals surface area contributed by atoms with E-state index in [0.29, 0.717) is 29.5 Å². The van der Waals surface area contributed by atoms with Crippen molar-refractivity contribution in [1.29, 1.82) is 0 Å². The molecule has 2 aliphatic rings. The molecule has 23 heavy (non-hydrogen) atoms. The van der Waals surface area contributed by atoms with Crippen LogP contribution >= 0.6 is 11.6 Å². The lowest BCUT2D eigenvalue weighted by molar-refractivity contribution is -0.117. The fourth-order valence-electron chi connectivity index (χ4n) is 2.22. The zero-order chi connectivity index (χ0) is 16.4. The molecule has 0 saturated carbocycles. The SMILES string of the molecule is O=C(NCc1ccc(Cl)cc1)C1=CN2CCS(=O)(=O)N=C2C=C1. The predicted octanol–water partition coefficient (Wildman–Crippen LogP) is 1.45. The number of fused-ring (bicyclic) bond motifs is 1. The summed E-state index contributed by atoms with van der Waals surface area (Å²) in [4.78, 5) is 13.9. The van der Waals surface area contributed by atoms with Crippen molar-refractivity contribution in [3.63, 3.8) is 0 Å². The summed E-state index contributed by atoms with van der Waals surface area (Å²) in [5.74, 6) is 0.0507. The molecule has 0 unspecified atom stereocenters. The molecule has 120 valence electrons. The standard InChI is InChI=1S/C15H14ClN3O3S/c16-13-4-1-11(2-5-13)9-17-15(20)12-3-6-14-18-23(21,22)8-7-19(14)10-12/h1-6,10H,7-9H2,(H,17,20). The minimum atomic E-state index is -3.39. The van der Waals surface area contributed by atoms with Crippen molar-refractivity contribution in [3.8, 4) is 0 Å². The van der Waals surface area contributed by atoms with Crippen molar-refractivity contribution in [1.82, 2.24) is 10.2 Å². The fourth-order valence-corrected chi connectivity index (χ4v) is 3.32. The van der Waals surface area contributed by atoms with Crippen molar-refractivity contribution in [3.05, 3.63) is 58.8 Å². The summed E-state index contributed by atoms with van der Waals surface area (Å²) < 4.78 is 26.6. The number of hydrogen-bond donors (Lipinski definition) is 1. The molecule has 0 spiro atoms. The van der Waals surface area contributed by atoms with Gasteiger partial charge in [0.15, 0.2) is 0 Å². The van der Waals surface area contributed by atoms with Crippen LogP contribution < -0.4 is 5.32 Å². The Morgan fingerprint density at radius 3 is 2.74 bits per heavy atom. The predicted molar refractivity (Wildman–Crippen MR) is 88.4 cm³/mol. The van der Waals surface area contributed by atoms with Crippen LogP contribution in [0.2, 0.25) is 5.02 Å². The molecule has 0 bridgehead atoms. The third-order valence-corrected chi connectivity index (χ3v) is 4.87. The van der Waals surface area contributed by atoms with Crippen LogP contribution in [0, 0.1) is 0 Å². The number of benzene rings is 1. The highest BCUT2D eigenvalue weighted by Crippen LogP contribution is 2.16. The molecular weight excluding hydrogens is 338 g/mol. The minimum absolute atomic E-state index is 0.0550. The summed E-state index contributed by atoms with van der Waals surface area (Å²) in [5.41, 5.74) is 1.40. The maximum absolute atomic E-state index is 12.2. The van der Waals surface area contributed by atoms with Gasteiger partial charge >= 0.3 is 0 Å². The van der Waals surface area contributed by atoms with Gasteiger partial charge in [0.1, 0.15) is 5.84 Å². The average molecular weight is 352 g/mol. The Balaban J connectivity index is 1.66. The van der Waals surface area contributed by atoms with E-state index in [1.54, 1.807) is 29.3 Å². The second kappa shape index (κ2) is 6.17. The first-order chi connectivity index (χ1) is 10.9. The normalized spacial score (nSPS) is 18.7. The van der Waals surface area contributed by atoms with Gasteiger partial charge in [0.2, 0.25) is 0 Å². The molecule has 2 heterocycles. The fraction of sp³-hybridized carbons (Fsp3) is 0.200. The lowest BCUT2D eigenvalue weighted by Gasteiger charge is -2.26. The Bertz CT molecular complexity index is 826. The molecule has 1 aromatic rings. The third kappa shape index (κ3) is 3.80. The maximum Gasteiger partial charge on any atom is 0.256 e.